The van der Waals surface area contributed by atoms with Crippen LogP contribution >= 0.6 is 15.9 Å². The number of hydrogen-bond donors (Lipinski definition) is 0. The van der Waals surface area contributed by atoms with Crippen molar-refractivity contribution in [3.05, 3.63) is 93.2 Å². The second kappa shape index (κ2) is 8.41. The molecule has 0 aliphatic rings. The zero-order valence-electron chi connectivity index (χ0n) is 15.7. The molecule has 0 saturated carbocycles. The first-order valence-electron chi connectivity index (χ1n) is 9.21. The molecule has 0 unspecified atom stereocenters. The fraction of sp³-hybridized carbons (Fsp3) is 0.0870. The van der Waals surface area contributed by atoms with E-state index < -0.39 is 0 Å². The van der Waals surface area contributed by atoms with E-state index in [0.29, 0.717) is 29.1 Å². The Morgan fingerprint density at radius 1 is 1.07 bits per heavy atom. The van der Waals surface area contributed by atoms with Gasteiger partial charge in [0.1, 0.15) is 5.75 Å². The van der Waals surface area contributed by atoms with Crippen molar-refractivity contribution in [1.82, 2.24) is 9.66 Å². The standard InChI is InChI=1S/C23H18BrN3O2/c1-2-29-21-13-12-18(24)14-17(21)15-25-27-22(16-8-4-3-5-9-16)26-20-11-7-6-10-19(20)23(27)28/h3-15H,2H2,1H3. The van der Waals surface area contributed by atoms with E-state index >= 15 is 0 Å². The Morgan fingerprint density at radius 3 is 2.62 bits per heavy atom. The van der Waals surface area contributed by atoms with E-state index in [1.807, 2.05) is 73.7 Å². The fourth-order valence-corrected chi connectivity index (χ4v) is 3.41. The molecule has 0 N–H and O–H groups in total. The van der Waals surface area contributed by atoms with Crippen LogP contribution in [0.25, 0.3) is 22.3 Å². The summed E-state index contributed by atoms with van der Waals surface area (Å²) in [5.74, 6) is 1.18. The average Bonchev–Trinajstić information content (AvgIpc) is 2.75. The number of para-hydroxylation sites is 1. The molecule has 6 heteroatoms. The van der Waals surface area contributed by atoms with Crippen molar-refractivity contribution in [3.8, 4) is 17.1 Å². The number of benzene rings is 3. The molecule has 4 rings (SSSR count). The van der Waals surface area contributed by atoms with Crippen molar-refractivity contribution in [2.45, 2.75) is 6.92 Å². The fourth-order valence-electron chi connectivity index (χ4n) is 3.03. The Labute approximate surface area is 176 Å². The Balaban J connectivity index is 1.92. The van der Waals surface area contributed by atoms with Crippen LogP contribution in [-0.4, -0.2) is 22.5 Å². The Kier molecular flexibility index (Phi) is 5.53. The van der Waals surface area contributed by atoms with Crippen LogP contribution in [0.4, 0.5) is 0 Å². The van der Waals surface area contributed by atoms with Gasteiger partial charge in [0.25, 0.3) is 5.56 Å². The third kappa shape index (κ3) is 3.98. The smallest absolute Gasteiger partial charge is 0.282 e. The molecule has 144 valence electrons. The highest BCUT2D eigenvalue weighted by Gasteiger charge is 2.12. The summed E-state index contributed by atoms with van der Waals surface area (Å²) in [7, 11) is 0. The van der Waals surface area contributed by atoms with E-state index in [0.717, 1.165) is 15.6 Å². The zero-order chi connectivity index (χ0) is 20.2. The first kappa shape index (κ1) is 19.1. The summed E-state index contributed by atoms with van der Waals surface area (Å²) in [6.07, 6.45) is 1.63. The van der Waals surface area contributed by atoms with E-state index in [-0.39, 0.29) is 5.56 Å². The number of hydrogen-bond acceptors (Lipinski definition) is 4. The van der Waals surface area contributed by atoms with Crippen LogP contribution < -0.4 is 10.3 Å². The molecule has 4 aromatic rings. The monoisotopic (exact) mass is 447 g/mol. The van der Waals surface area contributed by atoms with Gasteiger partial charge in [0.15, 0.2) is 5.82 Å². The molecule has 0 aliphatic carbocycles. The summed E-state index contributed by atoms with van der Waals surface area (Å²) in [4.78, 5) is 17.9. The Bertz CT molecular complexity index is 1250. The number of halogens is 1. The maximum absolute atomic E-state index is 13.2. The van der Waals surface area contributed by atoms with Gasteiger partial charge in [0, 0.05) is 15.6 Å². The number of ether oxygens (including phenoxy) is 1. The minimum Gasteiger partial charge on any atom is -0.493 e. The highest BCUT2D eigenvalue weighted by Crippen LogP contribution is 2.23. The molecule has 0 spiro atoms. The van der Waals surface area contributed by atoms with Crippen molar-refractivity contribution in [2.75, 3.05) is 6.61 Å². The average molecular weight is 448 g/mol. The van der Waals surface area contributed by atoms with Gasteiger partial charge >= 0.3 is 0 Å². The van der Waals surface area contributed by atoms with Crippen molar-refractivity contribution in [2.24, 2.45) is 5.10 Å². The quantitative estimate of drug-likeness (QED) is 0.399. The van der Waals surface area contributed by atoms with Crippen molar-refractivity contribution in [1.29, 1.82) is 0 Å². The SMILES string of the molecule is CCOc1ccc(Br)cc1C=Nn1c(-c2ccccc2)nc2ccccc2c1=O. The van der Waals surface area contributed by atoms with Gasteiger partial charge in [-0.05, 0) is 37.3 Å². The summed E-state index contributed by atoms with van der Waals surface area (Å²) >= 11 is 3.47. The highest BCUT2D eigenvalue weighted by atomic mass is 79.9. The number of aromatic nitrogens is 2. The van der Waals surface area contributed by atoms with Crippen molar-refractivity contribution in [3.63, 3.8) is 0 Å². The normalized spacial score (nSPS) is 11.2. The van der Waals surface area contributed by atoms with Gasteiger partial charge in [0.05, 0.1) is 23.7 Å². The lowest BCUT2D eigenvalue weighted by Gasteiger charge is -2.10. The molecular formula is C23H18BrN3O2. The lowest BCUT2D eigenvalue weighted by molar-refractivity contribution is 0.339. The molecule has 1 aromatic heterocycles. The van der Waals surface area contributed by atoms with E-state index in [1.54, 1.807) is 12.3 Å². The minimum absolute atomic E-state index is 0.223. The summed E-state index contributed by atoms with van der Waals surface area (Å²) in [5, 5.41) is 5.02. The molecule has 1 heterocycles. The predicted molar refractivity (Wildman–Crippen MR) is 120 cm³/mol. The summed E-state index contributed by atoms with van der Waals surface area (Å²) in [5.41, 5.74) is 1.99. The topological polar surface area (TPSA) is 56.5 Å². The van der Waals surface area contributed by atoms with Crippen LogP contribution in [0.5, 0.6) is 5.75 Å². The van der Waals surface area contributed by atoms with Crippen LogP contribution in [0.1, 0.15) is 12.5 Å². The maximum Gasteiger partial charge on any atom is 0.282 e. The van der Waals surface area contributed by atoms with E-state index in [4.69, 9.17) is 9.72 Å². The molecular weight excluding hydrogens is 430 g/mol. The molecule has 0 atom stereocenters. The molecule has 0 bridgehead atoms. The van der Waals surface area contributed by atoms with Crippen LogP contribution in [0.2, 0.25) is 0 Å². The molecule has 0 fully saturated rings. The van der Waals surface area contributed by atoms with E-state index in [2.05, 4.69) is 21.0 Å². The Morgan fingerprint density at radius 2 is 1.83 bits per heavy atom. The molecule has 29 heavy (non-hydrogen) atoms. The zero-order valence-corrected chi connectivity index (χ0v) is 17.3. The van der Waals surface area contributed by atoms with Gasteiger partial charge in [-0.15, -0.1) is 0 Å². The first-order chi connectivity index (χ1) is 14.2. The minimum atomic E-state index is -0.223. The number of rotatable bonds is 5. The van der Waals surface area contributed by atoms with Crippen LogP contribution in [0, 0.1) is 0 Å². The third-order valence-corrected chi connectivity index (χ3v) is 4.86. The van der Waals surface area contributed by atoms with Crippen molar-refractivity contribution < 1.29 is 4.74 Å². The number of nitrogens with zero attached hydrogens (tertiary/aromatic N) is 3. The molecule has 0 aliphatic heterocycles. The van der Waals surface area contributed by atoms with Gasteiger partial charge in [-0.3, -0.25) is 4.79 Å². The lowest BCUT2D eigenvalue weighted by Crippen LogP contribution is -2.20. The summed E-state index contributed by atoms with van der Waals surface area (Å²) in [6.45, 7) is 2.46. The third-order valence-electron chi connectivity index (χ3n) is 4.37. The van der Waals surface area contributed by atoms with Gasteiger partial charge in [-0.25, -0.2) is 4.98 Å². The summed E-state index contributed by atoms with van der Waals surface area (Å²) < 4.78 is 7.92. The van der Waals surface area contributed by atoms with Gasteiger partial charge in [0.2, 0.25) is 0 Å². The molecule has 3 aromatic carbocycles. The summed E-state index contributed by atoms with van der Waals surface area (Å²) in [6, 6.07) is 22.5. The molecule has 0 amide bonds. The van der Waals surface area contributed by atoms with Crippen molar-refractivity contribution >= 4 is 33.0 Å². The molecule has 5 nitrogen and oxygen atoms in total. The Hall–Kier alpha value is -3.25. The van der Waals surface area contributed by atoms with Crippen LogP contribution in [0.3, 0.4) is 0 Å². The maximum atomic E-state index is 13.2. The lowest BCUT2D eigenvalue weighted by atomic mass is 10.2. The van der Waals surface area contributed by atoms with Gasteiger partial charge in [-0.2, -0.15) is 9.78 Å². The highest BCUT2D eigenvalue weighted by molar-refractivity contribution is 9.10. The van der Waals surface area contributed by atoms with Gasteiger partial charge in [-0.1, -0.05) is 58.4 Å². The van der Waals surface area contributed by atoms with Crippen LogP contribution in [0.15, 0.2) is 87.2 Å². The van der Waals surface area contributed by atoms with Gasteiger partial charge < -0.3 is 4.74 Å². The predicted octanol–water partition coefficient (Wildman–Crippen LogP) is 5.11. The van der Waals surface area contributed by atoms with Crippen LogP contribution in [-0.2, 0) is 0 Å². The second-order valence-corrected chi connectivity index (χ2v) is 7.21. The largest absolute Gasteiger partial charge is 0.493 e. The molecule has 0 saturated heterocycles. The number of fused-ring (bicyclic) bond motifs is 1. The van der Waals surface area contributed by atoms with E-state index in [1.165, 1.54) is 4.68 Å². The molecule has 0 radical (unpaired) electrons. The second-order valence-electron chi connectivity index (χ2n) is 6.30. The van der Waals surface area contributed by atoms with E-state index in [9.17, 15) is 4.79 Å². The first-order valence-corrected chi connectivity index (χ1v) is 10.0.